The minimum Gasteiger partial charge on any atom is -0.368 e. The maximum Gasteiger partial charge on any atom is 0.416 e. The highest BCUT2D eigenvalue weighted by Gasteiger charge is 2.37. The molecule has 2 aromatic carbocycles. The second kappa shape index (κ2) is 8.04. The molecule has 0 aromatic heterocycles. The lowest BCUT2D eigenvalue weighted by atomic mass is 10.1. The molecule has 1 N–H and O–H groups in total. The van der Waals surface area contributed by atoms with Crippen molar-refractivity contribution in [3.63, 3.8) is 0 Å². The predicted molar refractivity (Wildman–Crippen MR) is 95.7 cm³/mol. The van der Waals surface area contributed by atoms with E-state index in [0.717, 1.165) is 5.69 Å². The Morgan fingerprint density at radius 1 is 0.800 bits per heavy atom. The number of amides is 2. The summed E-state index contributed by atoms with van der Waals surface area (Å²) in [7, 11) is 0. The molecule has 162 valence electrons. The molecule has 2 amide bonds. The standard InChI is InChI=1S/C19H16F7N3O/c20-14-1-3-16(4-2-14)28-5-7-29(8-6-28)17(30)27-15-10-12(18(21,22)23)9-13(11-15)19(24,25)26/h1-4,9-11H,5-8H2,(H,27,30). The fourth-order valence-corrected chi connectivity index (χ4v) is 3.05. The first kappa shape index (κ1) is 21.7. The zero-order valence-electron chi connectivity index (χ0n) is 15.3. The zero-order valence-corrected chi connectivity index (χ0v) is 15.3. The molecular formula is C19H16F7N3O. The van der Waals surface area contributed by atoms with Crippen LogP contribution in [0, 0.1) is 5.82 Å². The highest BCUT2D eigenvalue weighted by atomic mass is 19.4. The number of hydrogen-bond acceptors (Lipinski definition) is 2. The summed E-state index contributed by atoms with van der Waals surface area (Å²) in [6.45, 7) is 1.12. The normalized spacial score (nSPS) is 15.3. The van der Waals surface area contributed by atoms with Crippen LogP contribution in [-0.2, 0) is 12.4 Å². The highest BCUT2D eigenvalue weighted by molar-refractivity contribution is 5.89. The smallest absolute Gasteiger partial charge is 0.368 e. The number of nitrogens with one attached hydrogen (secondary N) is 1. The quantitative estimate of drug-likeness (QED) is 0.657. The van der Waals surface area contributed by atoms with Crippen LogP contribution in [0.25, 0.3) is 0 Å². The first-order valence-electron chi connectivity index (χ1n) is 8.79. The number of rotatable bonds is 2. The van der Waals surface area contributed by atoms with Crippen molar-refractivity contribution in [1.29, 1.82) is 0 Å². The Morgan fingerprint density at radius 2 is 1.30 bits per heavy atom. The molecule has 0 radical (unpaired) electrons. The van der Waals surface area contributed by atoms with Gasteiger partial charge in [0.1, 0.15) is 5.82 Å². The number of nitrogens with zero attached hydrogens (tertiary/aromatic N) is 2. The number of carbonyl (C=O) groups is 1. The third-order valence-corrected chi connectivity index (χ3v) is 4.60. The second-order valence-electron chi connectivity index (χ2n) is 6.68. The number of urea groups is 1. The van der Waals surface area contributed by atoms with Crippen LogP contribution in [0.1, 0.15) is 11.1 Å². The van der Waals surface area contributed by atoms with E-state index in [9.17, 15) is 35.5 Å². The first-order chi connectivity index (χ1) is 13.9. The fraction of sp³-hybridized carbons (Fsp3) is 0.316. The van der Waals surface area contributed by atoms with Crippen LogP contribution in [0.4, 0.5) is 46.9 Å². The highest BCUT2D eigenvalue weighted by Crippen LogP contribution is 2.37. The summed E-state index contributed by atoms with van der Waals surface area (Å²) in [5, 5.41) is 2.12. The van der Waals surface area contributed by atoms with Crippen LogP contribution < -0.4 is 10.2 Å². The molecule has 0 bridgehead atoms. The molecule has 0 saturated carbocycles. The summed E-state index contributed by atoms with van der Waals surface area (Å²) in [6.07, 6.45) is -10.00. The molecule has 30 heavy (non-hydrogen) atoms. The van der Waals surface area contributed by atoms with Crippen molar-refractivity contribution in [3.8, 4) is 0 Å². The zero-order chi connectivity index (χ0) is 22.1. The van der Waals surface area contributed by atoms with Crippen LogP contribution in [0.5, 0.6) is 0 Å². The Labute approximate surface area is 166 Å². The van der Waals surface area contributed by atoms with Crippen LogP contribution in [0.15, 0.2) is 42.5 Å². The van der Waals surface area contributed by atoms with Gasteiger partial charge in [0.05, 0.1) is 11.1 Å². The molecule has 1 heterocycles. The van der Waals surface area contributed by atoms with E-state index in [-0.39, 0.29) is 19.2 Å². The van der Waals surface area contributed by atoms with Gasteiger partial charge >= 0.3 is 18.4 Å². The van der Waals surface area contributed by atoms with Crippen LogP contribution >= 0.6 is 0 Å². The van der Waals surface area contributed by atoms with E-state index >= 15 is 0 Å². The average molecular weight is 435 g/mol. The van der Waals surface area contributed by atoms with E-state index in [1.165, 1.54) is 17.0 Å². The molecule has 1 aliphatic heterocycles. The molecule has 2 aromatic rings. The van der Waals surface area contributed by atoms with Crippen molar-refractivity contribution < 1.29 is 35.5 Å². The van der Waals surface area contributed by atoms with Gasteiger partial charge in [0.25, 0.3) is 0 Å². The molecule has 3 rings (SSSR count). The maximum absolute atomic E-state index is 13.0. The van der Waals surface area contributed by atoms with Gasteiger partial charge in [0.2, 0.25) is 0 Å². The Balaban J connectivity index is 1.69. The van der Waals surface area contributed by atoms with Gasteiger partial charge < -0.3 is 15.1 Å². The topological polar surface area (TPSA) is 35.6 Å². The van der Waals surface area contributed by atoms with Crippen molar-refractivity contribution in [1.82, 2.24) is 4.90 Å². The SMILES string of the molecule is O=C(Nc1cc(C(F)(F)F)cc(C(F)(F)F)c1)N1CCN(c2ccc(F)cc2)CC1. The largest absolute Gasteiger partial charge is 0.416 e. The van der Waals surface area contributed by atoms with E-state index in [1.54, 1.807) is 12.1 Å². The Bertz CT molecular complexity index is 870. The molecule has 11 heteroatoms. The fourth-order valence-electron chi connectivity index (χ4n) is 3.05. The van der Waals surface area contributed by atoms with Gasteiger partial charge in [-0.25, -0.2) is 9.18 Å². The number of piperazine rings is 1. The molecule has 1 fully saturated rings. The number of alkyl halides is 6. The van der Waals surface area contributed by atoms with Gasteiger partial charge in [-0.3, -0.25) is 0 Å². The molecule has 4 nitrogen and oxygen atoms in total. The summed E-state index contributed by atoms with van der Waals surface area (Å²) in [5.41, 5.74) is -2.87. The molecular weight excluding hydrogens is 419 g/mol. The monoisotopic (exact) mass is 435 g/mol. The van der Waals surface area contributed by atoms with Crippen molar-refractivity contribution in [2.24, 2.45) is 0 Å². The van der Waals surface area contributed by atoms with Crippen LogP contribution in [-0.4, -0.2) is 37.1 Å². The number of anilines is 2. The van der Waals surface area contributed by atoms with Crippen LogP contribution in [0.3, 0.4) is 0 Å². The molecule has 0 unspecified atom stereocenters. The number of halogens is 7. The Hall–Kier alpha value is -2.98. The van der Waals surface area contributed by atoms with Crippen molar-refractivity contribution in [3.05, 3.63) is 59.4 Å². The second-order valence-corrected chi connectivity index (χ2v) is 6.68. The van der Waals surface area contributed by atoms with Gasteiger partial charge in [-0.15, -0.1) is 0 Å². The maximum atomic E-state index is 13.0. The van der Waals surface area contributed by atoms with Crippen molar-refractivity contribution in [2.75, 3.05) is 36.4 Å². The van der Waals surface area contributed by atoms with E-state index in [2.05, 4.69) is 5.32 Å². The Kier molecular flexibility index (Phi) is 5.82. The summed E-state index contributed by atoms with van der Waals surface area (Å²) < 4.78 is 90.6. The summed E-state index contributed by atoms with van der Waals surface area (Å²) in [4.78, 5) is 15.5. The predicted octanol–water partition coefficient (Wildman–Crippen LogP) is 5.22. The van der Waals surface area contributed by atoms with Gasteiger partial charge in [-0.2, -0.15) is 26.3 Å². The van der Waals surface area contributed by atoms with Gasteiger partial charge in [0, 0.05) is 37.6 Å². The lowest BCUT2D eigenvalue weighted by Crippen LogP contribution is -2.50. The average Bonchev–Trinajstić information content (AvgIpc) is 2.67. The lowest BCUT2D eigenvalue weighted by Gasteiger charge is -2.36. The van der Waals surface area contributed by atoms with Gasteiger partial charge in [-0.1, -0.05) is 0 Å². The van der Waals surface area contributed by atoms with Crippen molar-refractivity contribution in [2.45, 2.75) is 12.4 Å². The molecule has 0 atom stereocenters. The first-order valence-corrected chi connectivity index (χ1v) is 8.79. The molecule has 0 spiro atoms. The van der Waals surface area contributed by atoms with Gasteiger partial charge in [0.15, 0.2) is 0 Å². The van der Waals surface area contributed by atoms with Gasteiger partial charge in [-0.05, 0) is 42.5 Å². The third kappa shape index (κ3) is 5.14. The minimum absolute atomic E-state index is 0.00286. The lowest BCUT2D eigenvalue weighted by molar-refractivity contribution is -0.143. The molecule has 0 aliphatic carbocycles. The van der Waals surface area contributed by atoms with Crippen molar-refractivity contribution >= 4 is 17.4 Å². The summed E-state index contributed by atoms with van der Waals surface area (Å²) in [5.74, 6) is -0.393. The number of benzene rings is 2. The Morgan fingerprint density at radius 3 is 1.77 bits per heavy atom. The third-order valence-electron chi connectivity index (χ3n) is 4.60. The number of carbonyl (C=O) groups excluding carboxylic acids is 1. The van der Waals surface area contributed by atoms with E-state index in [1.807, 2.05) is 4.90 Å². The summed E-state index contributed by atoms with van der Waals surface area (Å²) in [6, 6.07) is 5.85. The summed E-state index contributed by atoms with van der Waals surface area (Å²) >= 11 is 0. The van der Waals surface area contributed by atoms with E-state index < -0.39 is 41.0 Å². The molecule has 1 saturated heterocycles. The minimum atomic E-state index is -5.00. The number of hydrogen-bond donors (Lipinski definition) is 1. The van der Waals surface area contributed by atoms with E-state index in [4.69, 9.17) is 0 Å². The van der Waals surface area contributed by atoms with Crippen LogP contribution in [0.2, 0.25) is 0 Å². The van der Waals surface area contributed by atoms with E-state index in [0.29, 0.717) is 25.2 Å². The molecule has 1 aliphatic rings.